The smallest absolute Gasteiger partial charge is 0.346 e. The molecule has 0 aliphatic carbocycles. The Bertz CT molecular complexity index is 2840. The number of hydrogen-bond acceptors (Lipinski definition) is 16. The fourth-order valence-corrected chi connectivity index (χ4v) is 12.1. The van der Waals surface area contributed by atoms with Gasteiger partial charge in [0, 0.05) is 10.8 Å². The molecule has 0 unspecified atom stereocenters. The van der Waals surface area contributed by atoms with Crippen LogP contribution in [0.3, 0.4) is 0 Å². The highest BCUT2D eigenvalue weighted by Gasteiger charge is 2.32. The average Bonchev–Trinajstić information content (AvgIpc) is 4.00. The normalized spacial score (nSPS) is 16.4. The second-order valence-electron chi connectivity index (χ2n) is 11.8. The Kier molecular flexibility index (Phi) is 6.70. The van der Waals surface area contributed by atoms with Crippen LogP contribution in [0.1, 0.15) is 41.4 Å². The summed E-state index contributed by atoms with van der Waals surface area (Å²) in [5, 5.41) is 16.6. The van der Waals surface area contributed by atoms with E-state index in [4.69, 9.17) is 9.47 Å². The number of benzene rings is 6. The molecule has 0 atom stereocenters. The second kappa shape index (κ2) is 11.3. The first kappa shape index (κ1) is 30.8. The third-order valence-corrected chi connectivity index (χ3v) is 14.6. The van der Waals surface area contributed by atoms with Gasteiger partial charge in [0.15, 0.2) is 0 Å². The molecule has 6 aromatic carbocycles. The van der Waals surface area contributed by atoms with Crippen LogP contribution in [-0.4, -0.2) is 41.4 Å². The molecule has 12 rings (SSSR count). The molecule has 0 saturated carbocycles. The van der Waals surface area contributed by atoms with Crippen molar-refractivity contribution in [3.8, 4) is 0 Å². The maximum Gasteiger partial charge on any atom is 0.346 e. The van der Waals surface area contributed by atoms with Crippen molar-refractivity contribution in [1.29, 1.82) is 0 Å². The molecule has 0 bridgehead atoms. The molecule has 52 heavy (non-hydrogen) atoms. The van der Waals surface area contributed by atoms with Gasteiger partial charge in [-0.25, -0.2) is 19.2 Å². The lowest BCUT2D eigenvalue weighted by molar-refractivity contribution is 0.0373. The number of thioether (sulfide) groups is 4. The van der Waals surface area contributed by atoms with Crippen LogP contribution in [0.5, 0.6) is 0 Å². The first-order valence-corrected chi connectivity index (χ1v) is 20.3. The van der Waals surface area contributed by atoms with Gasteiger partial charge in [0.1, 0.15) is 22.1 Å². The van der Waals surface area contributed by atoms with Gasteiger partial charge in [0.05, 0.1) is 64.6 Å². The Labute approximate surface area is 315 Å². The van der Waals surface area contributed by atoms with Crippen molar-refractivity contribution >= 4 is 168 Å². The van der Waals surface area contributed by atoms with Crippen molar-refractivity contribution in [3.63, 3.8) is 0 Å². The standard InChI is InChI=1S/C24H8O6.C12H4N4S6/c25-21-13-5-1-9-10-2-6-15-20-16(24(28)30-23(15)27)8-4-12(18(10)20)11-3-7-14(22(26)29-21)19(13)17(9)11;1-2-18-11(17-1)5-7-9(15-21-13-7)6(12-19-3-4-20-12)10-8(5)14-22-16-10/h1-8H;1-4H. The van der Waals surface area contributed by atoms with Gasteiger partial charge < -0.3 is 9.47 Å². The predicted octanol–water partition coefficient (Wildman–Crippen LogP) is 8.09. The van der Waals surface area contributed by atoms with E-state index in [1.54, 1.807) is 71.3 Å². The molecule has 0 spiro atoms. The first-order valence-electron chi connectivity index (χ1n) is 15.3. The van der Waals surface area contributed by atoms with Crippen molar-refractivity contribution in [3.05, 3.63) is 103 Å². The number of esters is 4. The molecule has 248 valence electrons. The number of fused-ring (bicyclic) bond motifs is 4. The molecule has 16 heteroatoms. The van der Waals surface area contributed by atoms with E-state index in [1.807, 2.05) is 24.3 Å². The van der Waals surface area contributed by atoms with E-state index in [1.165, 1.54) is 31.9 Å². The van der Waals surface area contributed by atoms with Crippen molar-refractivity contribution in [1.82, 2.24) is 17.5 Å². The zero-order valence-corrected chi connectivity index (χ0v) is 30.5. The number of carbonyl (C=O) groups is 4. The monoisotopic (exact) mass is 788 g/mol. The van der Waals surface area contributed by atoms with Crippen molar-refractivity contribution < 1.29 is 28.7 Å². The molecular weight excluding hydrogens is 777 g/mol. The minimum atomic E-state index is -0.666. The van der Waals surface area contributed by atoms with E-state index < -0.39 is 23.9 Å². The molecule has 0 saturated heterocycles. The maximum atomic E-state index is 12.3. The van der Waals surface area contributed by atoms with Gasteiger partial charge in [-0.15, -0.1) is 0 Å². The Balaban J connectivity index is 0.000000129. The lowest BCUT2D eigenvalue weighted by atomic mass is 9.83. The molecule has 0 fully saturated rings. The molecule has 0 N–H and O–H groups in total. The number of rotatable bonds is 0. The lowest BCUT2D eigenvalue weighted by Crippen LogP contribution is -2.20. The molecule has 4 aliphatic rings. The molecular formula is C36H12N4O6S6. The third kappa shape index (κ3) is 4.18. The van der Waals surface area contributed by atoms with Crippen LogP contribution < -0.4 is 10.4 Å². The van der Waals surface area contributed by atoms with Crippen LogP contribution in [0, 0.1) is 0 Å². The molecule has 10 nitrogen and oxygen atoms in total. The fourth-order valence-electron chi connectivity index (χ4n) is 7.25. The van der Waals surface area contributed by atoms with Gasteiger partial charge >= 0.3 is 23.9 Å². The topological polar surface area (TPSA) is 138 Å². The molecule has 8 aromatic rings. The Hall–Kier alpha value is -4.84. The number of ether oxygens (including phenoxy) is 2. The number of nitrogens with zero attached hydrogens (tertiary/aromatic N) is 4. The lowest BCUT2D eigenvalue weighted by Gasteiger charge is -2.22. The highest BCUT2D eigenvalue weighted by molar-refractivity contribution is 8.35. The van der Waals surface area contributed by atoms with E-state index in [0.29, 0.717) is 33.0 Å². The number of carbonyl (C=O) groups excluding carboxylic acids is 4. The third-order valence-electron chi connectivity index (χ3n) is 9.30. The average molecular weight is 789 g/mol. The number of hydrogen-bond donors (Lipinski definition) is 0. The van der Waals surface area contributed by atoms with Gasteiger partial charge in [0.2, 0.25) is 0 Å². The Morgan fingerprint density at radius 1 is 0.385 bits per heavy atom. The van der Waals surface area contributed by atoms with Gasteiger partial charge in [-0.1, -0.05) is 71.3 Å². The minimum absolute atomic E-state index is 0.345. The van der Waals surface area contributed by atoms with E-state index >= 15 is 0 Å². The van der Waals surface area contributed by atoms with Crippen LogP contribution in [0.4, 0.5) is 0 Å². The minimum Gasteiger partial charge on any atom is -0.386 e. The van der Waals surface area contributed by atoms with E-state index in [0.717, 1.165) is 64.8 Å². The van der Waals surface area contributed by atoms with E-state index in [2.05, 4.69) is 39.1 Å². The molecule has 2 aromatic heterocycles. The first-order chi connectivity index (χ1) is 25.5. The molecule has 0 amide bonds. The predicted molar refractivity (Wildman–Crippen MR) is 210 cm³/mol. The largest absolute Gasteiger partial charge is 0.386 e. The highest BCUT2D eigenvalue weighted by Crippen LogP contribution is 2.46. The van der Waals surface area contributed by atoms with E-state index in [9.17, 15) is 19.2 Å². The van der Waals surface area contributed by atoms with Crippen molar-refractivity contribution in [2.24, 2.45) is 0 Å². The Morgan fingerprint density at radius 2 is 0.673 bits per heavy atom. The van der Waals surface area contributed by atoms with Crippen molar-refractivity contribution in [2.45, 2.75) is 0 Å². The zero-order valence-electron chi connectivity index (χ0n) is 25.6. The summed E-state index contributed by atoms with van der Waals surface area (Å²) in [7, 11) is 0. The summed E-state index contributed by atoms with van der Waals surface area (Å²) in [6.45, 7) is 0. The van der Waals surface area contributed by atoms with E-state index in [-0.39, 0.29) is 0 Å². The van der Waals surface area contributed by atoms with Crippen LogP contribution in [0.25, 0.3) is 73.6 Å². The van der Waals surface area contributed by atoms with Gasteiger partial charge in [0.25, 0.3) is 0 Å². The zero-order chi connectivity index (χ0) is 34.8. The summed E-state index contributed by atoms with van der Waals surface area (Å²) >= 11 is 9.37. The fraction of sp³-hybridized carbons (Fsp3) is 0. The highest BCUT2D eigenvalue weighted by atomic mass is 32.2. The van der Waals surface area contributed by atoms with Gasteiger partial charge in [-0.05, 0) is 78.2 Å². The summed E-state index contributed by atoms with van der Waals surface area (Å²) < 4.78 is 30.4. The SMILES string of the molecule is C1=CSC(=c2c3nsnc3c(=C3SC=CS3)c3nsnc23)S1.O=C1OC(=O)c2ccc3c4ccc5c6c(ccc(c7ccc1c2c73)c64)C(=O)OC5=O. The van der Waals surface area contributed by atoms with Gasteiger partial charge in [-0.3, -0.25) is 0 Å². The quantitative estimate of drug-likeness (QED) is 0.0633. The summed E-state index contributed by atoms with van der Waals surface area (Å²) in [6, 6.07) is 13.9. The molecule has 6 heterocycles. The number of aromatic nitrogens is 4. The van der Waals surface area contributed by atoms with Gasteiger partial charge in [-0.2, -0.15) is 17.5 Å². The number of cyclic esters (lactones) is 4. The second-order valence-corrected chi connectivity index (χ2v) is 17.0. The molecule has 0 radical (unpaired) electrons. The Morgan fingerprint density at radius 3 is 0.962 bits per heavy atom. The van der Waals surface area contributed by atoms with Crippen molar-refractivity contribution in [2.75, 3.05) is 0 Å². The molecule has 4 aliphatic heterocycles. The summed E-state index contributed by atoms with van der Waals surface area (Å²) in [5.41, 5.74) is 5.16. The summed E-state index contributed by atoms with van der Waals surface area (Å²) in [5.74, 6) is -2.66. The summed E-state index contributed by atoms with van der Waals surface area (Å²) in [4.78, 5) is 49.3. The van der Waals surface area contributed by atoms with Crippen LogP contribution >= 0.6 is 70.5 Å². The van der Waals surface area contributed by atoms with Crippen LogP contribution in [-0.2, 0) is 9.47 Å². The summed E-state index contributed by atoms with van der Waals surface area (Å²) in [6.07, 6.45) is 0. The van der Waals surface area contributed by atoms with Crippen LogP contribution in [0.15, 0.2) is 70.2 Å². The van der Waals surface area contributed by atoms with Crippen LogP contribution in [0.2, 0.25) is 0 Å². The maximum absolute atomic E-state index is 12.3.